The summed E-state index contributed by atoms with van der Waals surface area (Å²) in [5.74, 6) is 0.900. The molecule has 25 heavy (non-hydrogen) atoms. The highest BCUT2D eigenvalue weighted by atomic mass is 16.1. The third kappa shape index (κ3) is 2.81. The number of hydrogen-bond acceptors (Lipinski definition) is 3. The summed E-state index contributed by atoms with van der Waals surface area (Å²) < 4.78 is 2.18. The summed E-state index contributed by atoms with van der Waals surface area (Å²) in [6.45, 7) is 3.71. The molecule has 1 aromatic heterocycles. The zero-order valence-corrected chi connectivity index (χ0v) is 14.5. The van der Waals surface area contributed by atoms with Crippen LogP contribution in [0.5, 0.6) is 0 Å². The fourth-order valence-corrected chi connectivity index (χ4v) is 3.48. The van der Waals surface area contributed by atoms with Gasteiger partial charge < -0.3 is 15.2 Å². The fraction of sp³-hybridized carbons (Fsp3) is 0.300. The van der Waals surface area contributed by atoms with Crippen LogP contribution in [0.4, 0.5) is 0 Å². The van der Waals surface area contributed by atoms with Gasteiger partial charge >= 0.3 is 0 Å². The number of amides is 1. The Balaban J connectivity index is 1.83. The minimum Gasteiger partial charge on any atom is -0.348 e. The van der Waals surface area contributed by atoms with Crippen molar-refractivity contribution in [3.05, 3.63) is 53.6 Å². The molecule has 3 aromatic rings. The first-order valence-corrected chi connectivity index (χ1v) is 8.71. The lowest BCUT2D eigenvalue weighted by Crippen LogP contribution is -2.33. The van der Waals surface area contributed by atoms with Gasteiger partial charge in [0.15, 0.2) is 0 Å². The van der Waals surface area contributed by atoms with Gasteiger partial charge in [0.2, 0.25) is 0 Å². The number of benzene rings is 2. The lowest BCUT2D eigenvalue weighted by molar-refractivity contribution is 0.0942. The van der Waals surface area contributed by atoms with Crippen LogP contribution in [0.25, 0.3) is 22.4 Å². The molecule has 4 rings (SSSR count). The molecule has 5 heteroatoms. The maximum atomic E-state index is 12.4. The lowest BCUT2D eigenvalue weighted by Gasteiger charge is -2.13. The van der Waals surface area contributed by atoms with E-state index >= 15 is 0 Å². The molecule has 0 fully saturated rings. The maximum Gasteiger partial charge on any atom is 0.253 e. The molecule has 5 nitrogen and oxygen atoms in total. The summed E-state index contributed by atoms with van der Waals surface area (Å²) in [6, 6.07) is 14.4. The number of para-hydroxylation sites is 1. The Morgan fingerprint density at radius 1 is 1.24 bits per heavy atom. The summed E-state index contributed by atoms with van der Waals surface area (Å²) >= 11 is 0. The number of hydrogen-bond donors (Lipinski definition) is 2. The molecular formula is C20H22N4O. The van der Waals surface area contributed by atoms with Gasteiger partial charge in [-0.25, -0.2) is 4.98 Å². The predicted molar refractivity (Wildman–Crippen MR) is 99.7 cm³/mol. The second-order valence-corrected chi connectivity index (χ2v) is 6.64. The zero-order valence-electron chi connectivity index (χ0n) is 14.5. The van der Waals surface area contributed by atoms with Crippen molar-refractivity contribution in [3.63, 3.8) is 0 Å². The van der Waals surface area contributed by atoms with Crippen LogP contribution >= 0.6 is 0 Å². The van der Waals surface area contributed by atoms with E-state index in [4.69, 9.17) is 4.98 Å². The van der Waals surface area contributed by atoms with Crippen molar-refractivity contribution in [2.24, 2.45) is 0 Å². The number of aromatic nitrogens is 2. The average molecular weight is 334 g/mol. The highest BCUT2D eigenvalue weighted by molar-refractivity contribution is 6.06. The maximum absolute atomic E-state index is 12.4. The molecule has 0 saturated carbocycles. The second kappa shape index (κ2) is 6.33. The zero-order chi connectivity index (χ0) is 17.4. The molecule has 2 heterocycles. The van der Waals surface area contributed by atoms with Gasteiger partial charge in [0.1, 0.15) is 5.82 Å². The number of carbonyl (C=O) groups is 1. The molecule has 128 valence electrons. The molecule has 2 N–H and O–H groups in total. The Morgan fingerprint density at radius 2 is 2.04 bits per heavy atom. The minimum absolute atomic E-state index is 0.0225. The van der Waals surface area contributed by atoms with Crippen LogP contribution in [0.15, 0.2) is 42.5 Å². The van der Waals surface area contributed by atoms with E-state index in [9.17, 15) is 4.79 Å². The summed E-state index contributed by atoms with van der Waals surface area (Å²) in [7, 11) is 1.96. The number of nitrogens with zero attached hydrogens (tertiary/aromatic N) is 2. The van der Waals surface area contributed by atoms with E-state index in [2.05, 4.69) is 39.5 Å². The van der Waals surface area contributed by atoms with Crippen molar-refractivity contribution in [1.82, 2.24) is 20.2 Å². The molecule has 1 unspecified atom stereocenters. The first kappa shape index (κ1) is 15.8. The van der Waals surface area contributed by atoms with E-state index in [0.717, 1.165) is 41.9 Å². The van der Waals surface area contributed by atoms with Crippen LogP contribution in [0.1, 0.15) is 22.8 Å². The smallest absolute Gasteiger partial charge is 0.253 e. The Morgan fingerprint density at radius 3 is 2.80 bits per heavy atom. The normalized spacial score (nSPS) is 16.7. The Bertz CT molecular complexity index is 927. The van der Waals surface area contributed by atoms with E-state index in [0.29, 0.717) is 5.56 Å². The third-order valence-electron chi connectivity index (χ3n) is 4.72. The number of likely N-dealkylation sites (N-methyl/N-ethyl adjacent to an activating group) is 1. The van der Waals surface area contributed by atoms with Gasteiger partial charge in [0.05, 0.1) is 16.6 Å². The Hall–Kier alpha value is -2.66. The Kier molecular flexibility index (Phi) is 4.01. The van der Waals surface area contributed by atoms with E-state index in [-0.39, 0.29) is 11.9 Å². The highest BCUT2D eigenvalue weighted by Crippen LogP contribution is 2.29. The number of imidazole rings is 1. The molecule has 1 aliphatic heterocycles. The number of carbonyl (C=O) groups excluding carboxylic acids is 1. The molecule has 0 bridgehead atoms. The van der Waals surface area contributed by atoms with Crippen LogP contribution in [0, 0.1) is 0 Å². The summed E-state index contributed by atoms with van der Waals surface area (Å²) in [4.78, 5) is 17.3. The summed E-state index contributed by atoms with van der Waals surface area (Å²) in [6.07, 6.45) is 1.01. The average Bonchev–Trinajstić information content (AvgIpc) is 2.92. The van der Waals surface area contributed by atoms with Crippen LogP contribution in [0.3, 0.4) is 0 Å². The highest BCUT2D eigenvalue weighted by Gasteiger charge is 2.24. The minimum atomic E-state index is -0.0225. The van der Waals surface area contributed by atoms with Crippen LogP contribution in [-0.2, 0) is 13.0 Å². The van der Waals surface area contributed by atoms with Gasteiger partial charge in [-0.3, -0.25) is 4.79 Å². The van der Waals surface area contributed by atoms with Crippen molar-refractivity contribution in [1.29, 1.82) is 0 Å². The van der Waals surface area contributed by atoms with Crippen molar-refractivity contribution in [2.75, 3.05) is 13.6 Å². The van der Waals surface area contributed by atoms with Crippen LogP contribution in [-0.4, -0.2) is 35.1 Å². The van der Waals surface area contributed by atoms with Gasteiger partial charge in [0, 0.05) is 18.2 Å². The summed E-state index contributed by atoms with van der Waals surface area (Å²) in [5, 5.41) is 6.22. The SMILES string of the molecule is CNCCc1ccc(-c2nc3cccc4c3n2CC(C)NC4=O)cc1. The van der Waals surface area contributed by atoms with Gasteiger partial charge in [-0.15, -0.1) is 0 Å². The number of nitrogens with one attached hydrogen (secondary N) is 2. The Labute approximate surface area is 147 Å². The molecule has 1 aliphatic rings. The molecule has 1 atom stereocenters. The molecule has 0 radical (unpaired) electrons. The van der Waals surface area contributed by atoms with Gasteiger partial charge in [-0.1, -0.05) is 30.3 Å². The number of rotatable bonds is 4. The van der Waals surface area contributed by atoms with E-state index in [1.165, 1.54) is 5.56 Å². The largest absolute Gasteiger partial charge is 0.348 e. The second-order valence-electron chi connectivity index (χ2n) is 6.64. The predicted octanol–water partition coefficient (Wildman–Crippen LogP) is 2.60. The summed E-state index contributed by atoms with van der Waals surface area (Å²) in [5.41, 5.74) is 4.88. The molecular weight excluding hydrogens is 312 g/mol. The van der Waals surface area contributed by atoms with Gasteiger partial charge in [-0.2, -0.15) is 0 Å². The van der Waals surface area contributed by atoms with Gasteiger partial charge in [-0.05, 0) is 44.6 Å². The first-order valence-electron chi connectivity index (χ1n) is 8.71. The van der Waals surface area contributed by atoms with E-state index < -0.39 is 0 Å². The van der Waals surface area contributed by atoms with Crippen molar-refractivity contribution in [3.8, 4) is 11.4 Å². The topological polar surface area (TPSA) is 59.0 Å². The fourth-order valence-electron chi connectivity index (χ4n) is 3.48. The molecule has 0 aliphatic carbocycles. The molecule has 0 saturated heterocycles. The van der Waals surface area contributed by atoms with Gasteiger partial charge in [0.25, 0.3) is 5.91 Å². The quantitative estimate of drug-likeness (QED) is 0.771. The lowest BCUT2D eigenvalue weighted by atomic mass is 10.1. The standard InChI is InChI=1S/C20H22N4O/c1-13-12-24-18-16(20(25)22-13)4-3-5-17(18)23-19(24)15-8-6-14(7-9-15)10-11-21-2/h3-9,13,21H,10-12H2,1-2H3,(H,22,25). The molecule has 2 aromatic carbocycles. The van der Waals surface area contributed by atoms with E-state index in [1.54, 1.807) is 0 Å². The van der Waals surface area contributed by atoms with Crippen molar-refractivity contribution >= 4 is 16.9 Å². The van der Waals surface area contributed by atoms with E-state index in [1.807, 2.05) is 32.2 Å². The molecule has 0 spiro atoms. The van der Waals surface area contributed by atoms with Crippen molar-refractivity contribution < 1.29 is 4.79 Å². The third-order valence-corrected chi connectivity index (χ3v) is 4.72. The first-order chi connectivity index (χ1) is 12.2. The monoisotopic (exact) mass is 334 g/mol. The molecule has 1 amide bonds. The van der Waals surface area contributed by atoms with Crippen LogP contribution < -0.4 is 10.6 Å². The van der Waals surface area contributed by atoms with Crippen LogP contribution in [0.2, 0.25) is 0 Å². The van der Waals surface area contributed by atoms with Crippen molar-refractivity contribution in [2.45, 2.75) is 25.9 Å².